The van der Waals surface area contributed by atoms with Crippen molar-refractivity contribution in [1.82, 2.24) is 0 Å². The van der Waals surface area contributed by atoms with Crippen molar-refractivity contribution in [2.75, 3.05) is 11.9 Å². The van der Waals surface area contributed by atoms with E-state index in [-0.39, 0.29) is 17.9 Å². The molecule has 0 fully saturated rings. The summed E-state index contributed by atoms with van der Waals surface area (Å²) >= 11 is 0. The summed E-state index contributed by atoms with van der Waals surface area (Å²) in [6, 6.07) is 7.37. The normalized spacial score (nSPS) is 12.3. The predicted octanol–water partition coefficient (Wildman–Crippen LogP) is 2.40. The summed E-state index contributed by atoms with van der Waals surface area (Å²) in [5, 5.41) is 2.84. The van der Waals surface area contributed by atoms with Crippen LogP contribution in [0.15, 0.2) is 24.3 Å². The Morgan fingerprint density at radius 1 is 1.28 bits per heavy atom. The second-order valence-electron chi connectivity index (χ2n) is 4.78. The molecule has 18 heavy (non-hydrogen) atoms. The van der Waals surface area contributed by atoms with Crippen molar-refractivity contribution in [3.05, 3.63) is 24.3 Å². The molecule has 0 aromatic heterocycles. The lowest BCUT2D eigenvalue weighted by atomic mass is 10.1. The molecule has 100 valence electrons. The van der Waals surface area contributed by atoms with Gasteiger partial charge in [-0.15, -0.1) is 0 Å². The monoisotopic (exact) mass is 250 g/mol. The van der Waals surface area contributed by atoms with Crippen molar-refractivity contribution in [2.24, 2.45) is 11.7 Å². The molecule has 4 nitrogen and oxygen atoms in total. The molecule has 0 heterocycles. The van der Waals surface area contributed by atoms with Gasteiger partial charge in [-0.1, -0.05) is 6.92 Å². The van der Waals surface area contributed by atoms with Crippen molar-refractivity contribution >= 4 is 11.6 Å². The maximum Gasteiger partial charge on any atom is 0.224 e. The number of hydrogen-bond donors (Lipinski definition) is 2. The van der Waals surface area contributed by atoms with Crippen LogP contribution in [0.3, 0.4) is 0 Å². The summed E-state index contributed by atoms with van der Waals surface area (Å²) < 4.78 is 5.53. The molecule has 4 heteroatoms. The second-order valence-corrected chi connectivity index (χ2v) is 4.78. The van der Waals surface area contributed by atoms with E-state index in [1.54, 1.807) is 0 Å². The van der Waals surface area contributed by atoms with Gasteiger partial charge in [0.1, 0.15) is 5.75 Å². The third-order valence-corrected chi connectivity index (χ3v) is 2.45. The molecule has 0 bridgehead atoms. The molecular formula is C14H22N2O2. The summed E-state index contributed by atoms with van der Waals surface area (Å²) in [4.78, 5) is 11.6. The molecule has 0 saturated heterocycles. The molecule has 1 aromatic carbocycles. The smallest absolute Gasteiger partial charge is 0.224 e. The lowest BCUT2D eigenvalue weighted by molar-refractivity contribution is -0.116. The Hall–Kier alpha value is -1.55. The largest absolute Gasteiger partial charge is 0.491 e. The summed E-state index contributed by atoms with van der Waals surface area (Å²) in [7, 11) is 0. The van der Waals surface area contributed by atoms with Gasteiger partial charge in [-0.2, -0.15) is 0 Å². The minimum atomic E-state index is -0.00882. The lowest BCUT2D eigenvalue weighted by Crippen LogP contribution is -2.20. The van der Waals surface area contributed by atoms with E-state index in [4.69, 9.17) is 10.5 Å². The highest BCUT2D eigenvalue weighted by Crippen LogP contribution is 2.17. The molecule has 3 N–H and O–H groups in total. The highest BCUT2D eigenvalue weighted by atomic mass is 16.5. The average Bonchev–Trinajstić information content (AvgIpc) is 2.30. The van der Waals surface area contributed by atoms with E-state index in [9.17, 15) is 4.79 Å². The topological polar surface area (TPSA) is 64.4 Å². The van der Waals surface area contributed by atoms with Gasteiger partial charge in [0, 0.05) is 12.1 Å². The zero-order chi connectivity index (χ0) is 13.5. The number of nitrogens with two attached hydrogens (primary N) is 1. The first-order valence-corrected chi connectivity index (χ1v) is 6.28. The second kappa shape index (κ2) is 7.01. The first-order chi connectivity index (χ1) is 8.51. The number of ether oxygens (including phenoxy) is 1. The maximum absolute atomic E-state index is 11.6. The number of carbonyl (C=O) groups excluding carboxylic acids is 1. The Bertz CT molecular complexity index is 374. The first-order valence-electron chi connectivity index (χ1n) is 6.28. The summed E-state index contributed by atoms with van der Waals surface area (Å²) in [6.45, 7) is 6.43. The SMILES string of the molecule is CC(CN)CC(=O)Nc1ccc(OC(C)C)cc1. The molecule has 1 atom stereocenters. The molecule has 0 aliphatic carbocycles. The summed E-state index contributed by atoms with van der Waals surface area (Å²) in [5.74, 6) is 0.998. The molecule has 0 saturated carbocycles. The van der Waals surface area contributed by atoms with Crippen molar-refractivity contribution in [2.45, 2.75) is 33.3 Å². The number of carbonyl (C=O) groups is 1. The van der Waals surface area contributed by atoms with Crippen LogP contribution in [0.4, 0.5) is 5.69 Å². The van der Waals surface area contributed by atoms with E-state index >= 15 is 0 Å². The van der Waals surface area contributed by atoms with Crippen molar-refractivity contribution in [3.8, 4) is 5.75 Å². The average molecular weight is 250 g/mol. The molecule has 0 aliphatic rings. The molecule has 0 aliphatic heterocycles. The Labute approximate surface area is 109 Å². The van der Waals surface area contributed by atoms with E-state index in [0.29, 0.717) is 13.0 Å². The van der Waals surface area contributed by atoms with E-state index in [0.717, 1.165) is 11.4 Å². The van der Waals surface area contributed by atoms with Gasteiger partial charge < -0.3 is 15.8 Å². The third-order valence-electron chi connectivity index (χ3n) is 2.45. The van der Waals surface area contributed by atoms with Crippen molar-refractivity contribution in [3.63, 3.8) is 0 Å². The van der Waals surface area contributed by atoms with Gasteiger partial charge in [0.05, 0.1) is 6.10 Å². The predicted molar refractivity (Wildman–Crippen MR) is 73.7 cm³/mol. The summed E-state index contributed by atoms with van der Waals surface area (Å²) in [6.07, 6.45) is 0.594. The Balaban J connectivity index is 2.50. The fraction of sp³-hybridized carbons (Fsp3) is 0.500. The number of amides is 1. The van der Waals surface area contributed by atoms with Crippen LogP contribution in [0, 0.1) is 5.92 Å². The van der Waals surface area contributed by atoms with Crippen LogP contribution < -0.4 is 15.8 Å². The van der Waals surface area contributed by atoms with Crippen LogP contribution in [0.2, 0.25) is 0 Å². The van der Waals surface area contributed by atoms with Crippen LogP contribution in [0.1, 0.15) is 27.2 Å². The lowest BCUT2D eigenvalue weighted by Gasteiger charge is -2.11. The number of rotatable bonds is 6. The van der Waals surface area contributed by atoms with E-state index in [1.807, 2.05) is 45.0 Å². The number of anilines is 1. The highest BCUT2D eigenvalue weighted by molar-refractivity contribution is 5.90. The Morgan fingerprint density at radius 2 is 1.89 bits per heavy atom. The molecule has 1 aromatic rings. The number of hydrogen-bond acceptors (Lipinski definition) is 3. The van der Waals surface area contributed by atoms with Crippen LogP contribution in [-0.4, -0.2) is 18.6 Å². The van der Waals surface area contributed by atoms with Gasteiger partial charge in [-0.05, 0) is 50.6 Å². The van der Waals surface area contributed by atoms with E-state index < -0.39 is 0 Å². The summed E-state index contributed by atoms with van der Waals surface area (Å²) in [5.41, 5.74) is 6.26. The van der Waals surface area contributed by atoms with Crippen LogP contribution in [0.25, 0.3) is 0 Å². The van der Waals surface area contributed by atoms with Gasteiger partial charge in [0.2, 0.25) is 5.91 Å². The highest BCUT2D eigenvalue weighted by Gasteiger charge is 2.07. The molecule has 1 rings (SSSR count). The van der Waals surface area contributed by atoms with Crippen LogP contribution >= 0.6 is 0 Å². The van der Waals surface area contributed by atoms with Crippen molar-refractivity contribution in [1.29, 1.82) is 0 Å². The van der Waals surface area contributed by atoms with Crippen molar-refractivity contribution < 1.29 is 9.53 Å². The number of nitrogens with one attached hydrogen (secondary N) is 1. The molecule has 1 amide bonds. The Kier molecular flexibility index (Phi) is 5.65. The number of benzene rings is 1. The van der Waals surface area contributed by atoms with E-state index in [2.05, 4.69) is 5.32 Å². The van der Waals surface area contributed by atoms with E-state index in [1.165, 1.54) is 0 Å². The minimum Gasteiger partial charge on any atom is -0.491 e. The van der Waals surface area contributed by atoms with Gasteiger partial charge >= 0.3 is 0 Å². The first kappa shape index (κ1) is 14.5. The molecular weight excluding hydrogens is 228 g/mol. The third kappa shape index (κ3) is 5.19. The molecule has 0 radical (unpaired) electrons. The van der Waals surface area contributed by atoms with Gasteiger partial charge in [0.25, 0.3) is 0 Å². The van der Waals surface area contributed by atoms with Gasteiger partial charge in [0.15, 0.2) is 0 Å². The minimum absolute atomic E-state index is 0.00882. The zero-order valence-corrected chi connectivity index (χ0v) is 11.3. The van der Waals surface area contributed by atoms with Gasteiger partial charge in [-0.3, -0.25) is 4.79 Å². The fourth-order valence-corrected chi connectivity index (χ4v) is 1.50. The molecule has 1 unspecified atom stereocenters. The molecule has 0 spiro atoms. The quantitative estimate of drug-likeness (QED) is 0.814. The van der Waals surface area contributed by atoms with Crippen LogP contribution in [0.5, 0.6) is 5.75 Å². The fourth-order valence-electron chi connectivity index (χ4n) is 1.50. The Morgan fingerprint density at radius 3 is 2.39 bits per heavy atom. The maximum atomic E-state index is 11.6. The zero-order valence-electron chi connectivity index (χ0n) is 11.3. The van der Waals surface area contributed by atoms with Crippen LogP contribution in [-0.2, 0) is 4.79 Å². The standard InChI is InChI=1S/C14H22N2O2/c1-10(2)18-13-6-4-12(5-7-13)16-14(17)8-11(3)9-15/h4-7,10-11H,8-9,15H2,1-3H3,(H,16,17). The van der Waals surface area contributed by atoms with Gasteiger partial charge in [-0.25, -0.2) is 0 Å².